The van der Waals surface area contributed by atoms with E-state index in [4.69, 9.17) is 4.42 Å². The topological polar surface area (TPSA) is 113 Å². The molecular weight excluding hydrogens is 409 g/mol. The third-order valence-corrected chi connectivity index (χ3v) is 7.04. The Morgan fingerprint density at radius 1 is 1.30 bits per heavy atom. The molecule has 2 atom stereocenters. The fourth-order valence-corrected chi connectivity index (χ4v) is 5.52. The van der Waals surface area contributed by atoms with Crippen molar-refractivity contribution in [3.63, 3.8) is 0 Å². The Bertz CT molecular complexity index is 1200. The van der Waals surface area contributed by atoms with E-state index in [2.05, 4.69) is 25.2 Å². The van der Waals surface area contributed by atoms with E-state index in [1.807, 2.05) is 13.0 Å². The third-order valence-electron chi connectivity index (χ3n) is 5.85. The average molecular weight is 431 g/mol. The van der Waals surface area contributed by atoms with E-state index < -0.39 is 15.8 Å². The van der Waals surface area contributed by atoms with E-state index in [9.17, 15) is 12.8 Å². The Morgan fingerprint density at radius 3 is 2.93 bits per heavy atom. The fourth-order valence-electron chi connectivity index (χ4n) is 4.26. The molecule has 0 amide bonds. The van der Waals surface area contributed by atoms with Gasteiger partial charge < -0.3 is 9.73 Å². The highest BCUT2D eigenvalue weighted by atomic mass is 32.2. The van der Waals surface area contributed by atoms with Gasteiger partial charge in [-0.3, -0.25) is 9.82 Å². The number of aromatic nitrogens is 3. The number of hydrogen-bond donors (Lipinski definition) is 3. The molecule has 3 heterocycles. The van der Waals surface area contributed by atoms with Gasteiger partial charge in [0.15, 0.2) is 17.5 Å². The summed E-state index contributed by atoms with van der Waals surface area (Å²) in [5.74, 6) is 1.84. The Labute approximate surface area is 173 Å². The molecule has 2 aliphatic rings. The number of oxazole rings is 1. The molecule has 5 rings (SSSR count). The Morgan fingerprint density at radius 2 is 2.13 bits per heavy atom. The fraction of sp³-hybridized carbons (Fsp3) is 0.400. The van der Waals surface area contributed by atoms with Crippen molar-refractivity contribution in [2.45, 2.75) is 50.2 Å². The molecular formula is C20H22FN5O3S. The van der Waals surface area contributed by atoms with Crippen LogP contribution in [0, 0.1) is 5.82 Å². The van der Waals surface area contributed by atoms with Gasteiger partial charge in [0.1, 0.15) is 5.76 Å². The zero-order valence-electron chi connectivity index (χ0n) is 16.4. The highest BCUT2D eigenvalue weighted by molar-refractivity contribution is 7.92. The summed E-state index contributed by atoms with van der Waals surface area (Å²) in [6, 6.07) is 4.94. The van der Waals surface area contributed by atoms with Gasteiger partial charge in [0.2, 0.25) is 10.0 Å². The first-order chi connectivity index (χ1) is 14.4. The number of aryl methyl sites for hydroxylation is 1. The predicted molar refractivity (Wildman–Crippen MR) is 110 cm³/mol. The van der Waals surface area contributed by atoms with Crippen LogP contribution in [0.15, 0.2) is 28.8 Å². The molecule has 1 saturated carbocycles. The summed E-state index contributed by atoms with van der Waals surface area (Å²) in [5.41, 5.74) is 1.61. The van der Waals surface area contributed by atoms with E-state index in [-0.39, 0.29) is 22.7 Å². The first kappa shape index (κ1) is 19.1. The predicted octanol–water partition coefficient (Wildman–Crippen LogP) is 4.15. The third kappa shape index (κ3) is 3.45. The summed E-state index contributed by atoms with van der Waals surface area (Å²) < 4.78 is 46.3. The highest BCUT2D eigenvalue weighted by Crippen LogP contribution is 2.43. The van der Waals surface area contributed by atoms with Crippen LogP contribution in [0.1, 0.15) is 60.9 Å². The maximum absolute atomic E-state index is 14.8. The Balaban J connectivity index is 1.29. The smallest absolute Gasteiger partial charge is 0.237 e. The molecule has 158 valence electrons. The number of sulfonamides is 1. The Hall–Kier alpha value is -2.88. The summed E-state index contributed by atoms with van der Waals surface area (Å²) in [5, 5.41) is 10.3. The first-order valence-electron chi connectivity index (χ1n) is 10.0. The van der Waals surface area contributed by atoms with Gasteiger partial charge in [0, 0.05) is 35.6 Å². The number of benzene rings is 1. The lowest BCUT2D eigenvalue weighted by Gasteiger charge is -2.08. The van der Waals surface area contributed by atoms with E-state index in [0.29, 0.717) is 17.7 Å². The van der Waals surface area contributed by atoms with Crippen molar-refractivity contribution < 1.29 is 17.2 Å². The first-order valence-corrected chi connectivity index (χ1v) is 11.7. The number of anilines is 3. The minimum Gasteiger partial charge on any atom is -0.445 e. The van der Waals surface area contributed by atoms with Crippen molar-refractivity contribution in [1.29, 1.82) is 0 Å². The lowest BCUT2D eigenvalue weighted by molar-refractivity contribution is 0.420. The van der Waals surface area contributed by atoms with Crippen LogP contribution in [0.5, 0.6) is 0 Å². The molecule has 0 saturated heterocycles. The van der Waals surface area contributed by atoms with Crippen LogP contribution >= 0.6 is 0 Å². The number of hydrogen-bond acceptors (Lipinski definition) is 6. The van der Waals surface area contributed by atoms with Gasteiger partial charge in [-0.05, 0) is 31.4 Å². The van der Waals surface area contributed by atoms with Gasteiger partial charge in [-0.2, -0.15) is 5.10 Å². The van der Waals surface area contributed by atoms with Crippen molar-refractivity contribution >= 4 is 27.2 Å². The van der Waals surface area contributed by atoms with Crippen molar-refractivity contribution in [1.82, 2.24) is 15.2 Å². The minimum atomic E-state index is -3.51. The average Bonchev–Trinajstić information content (AvgIpc) is 3.48. The second kappa shape index (κ2) is 7.12. The molecule has 2 aromatic heterocycles. The van der Waals surface area contributed by atoms with Crippen LogP contribution in [0.3, 0.4) is 0 Å². The molecule has 0 radical (unpaired) electrons. The number of rotatable bonds is 5. The molecule has 30 heavy (non-hydrogen) atoms. The molecule has 1 aliphatic heterocycles. The maximum Gasteiger partial charge on any atom is 0.237 e. The van der Waals surface area contributed by atoms with Gasteiger partial charge in [0.25, 0.3) is 0 Å². The van der Waals surface area contributed by atoms with Gasteiger partial charge in [-0.25, -0.2) is 17.8 Å². The summed E-state index contributed by atoms with van der Waals surface area (Å²) in [7, 11) is -3.51. The largest absolute Gasteiger partial charge is 0.445 e. The molecule has 8 nitrogen and oxygen atoms in total. The van der Waals surface area contributed by atoms with Gasteiger partial charge in [-0.1, -0.05) is 6.92 Å². The van der Waals surface area contributed by atoms with Crippen molar-refractivity contribution in [2.75, 3.05) is 10.0 Å². The monoisotopic (exact) mass is 431 g/mol. The molecule has 0 bridgehead atoms. The summed E-state index contributed by atoms with van der Waals surface area (Å²) in [4.78, 5) is 4.41. The highest BCUT2D eigenvalue weighted by Gasteiger charge is 2.32. The zero-order chi connectivity index (χ0) is 20.9. The molecule has 3 aromatic rings. The van der Waals surface area contributed by atoms with E-state index >= 15 is 0 Å². The number of nitrogens with zero attached hydrogens (tertiary/aromatic N) is 2. The van der Waals surface area contributed by atoms with Crippen LogP contribution in [-0.2, 0) is 22.2 Å². The van der Waals surface area contributed by atoms with Crippen molar-refractivity contribution in [3.8, 4) is 0 Å². The van der Waals surface area contributed by atoms with Crippen LogP contribution in [-0.4, -0.2) is 23.6 Å². The standard InChI is InChI=1S/C20H22FN5O3S/c1-2-13-9-22-20(29-13)12-4-3-11(7-12)17-8-18(25-24-17)23-16-6-5-15-14(19(16)21)10-30(27,28)26-15/h5-6,8-9,11-12,26H,2-4,7,10H2,1H3,(H2,23,24,25). The van der Waals surface area contributed by atoms with Crippen LogP contribution < -0.4 is 10.0 Å². The second-order valence-electron chi connectivity index (χ2n) is 7.87. The van der Waals surface area contributed by atoms with Crippen LogP contribution in [0.2, 0.25) is 0 Å². The molecule has 2 unspecified atom stereocenters. The van der Waals surface area contributed by atoms with Crippen LogP contribution in [0.25, 0.3) is 0 Å². The summed E-state index contributed by atoms with van der Waals surface area (Å²) >= 11 is 0. The summed E-state index contributed by atoms with van der Waals surface area (Å²) in [6.45, 7) is 2.04. The maximum atomic E-state index is 14.8. The number of halogens is 1. The number of fused-ring (bicyclic) bond motifs is 1. The van der Waals surface area contributed by atoms with E-state index in [1.165, 1.54) is 6.07 Å². The molecule has 0 spiro atoms. The lowest BCUT2D eigenvalue weighted by Crippen LogP contribution is -2.05. The molecule has 1 aliphatic carbocycles. The van der Waals surface area contributed by atoms with E-state index in [1.54, 1.807) is 12.3 Å². The molecule has 3 N–H and O–H groups in total. The molecule has 1 fully saturated rings. The number of H-pyrrole nitrogens is 1. The van der Waals surface area contributed by atoms with Crippen molar-refractivity contribution in [2.24, 2.45) is 0 Å². The zero-order valence-corrected chi connectivity index (χ0v) is 17.2. The molecule has 1 aromatic carbocycles. The second-order valence-corrected chi connectivity index (χ2v) is 9.60. The lowest BCUT2D eigenvalue weighted by atomic mass is 10.0. The summed E-state index contributed by atoms with van der Waals surface area (Å²) in [6.07, 6.45) is 5.54. The number of nitrogens with one attached hydrogen (secondary N) is 3. The minimum absolute atomic E-state index is 0.145. The van der Waals surface area contributed by atoms with Gasteiger partial charge in [-0.15, -0.1) is 0 Å². The van der Waals surface area contributed by atoms with E-state index in [0.717, 1.165) is 43.0 Å². The Kier molecular flexibility index (Phi) is 4.53. The quantitative estimate of drug-likeness (QED) is 0.559. The normalized spacial score (nSPS) is 22.1. The SMILES string of the molecule is CCc1cnc(C2CCC(c3cc(Nc4ccc5c(c4F)CS(=O)(=O)N5)n[nH]3)C2)o1. The van der Waals surface area contributed by atoms with Crippen molar-refractivity contribution in [3.05, 3.63) is 53.1 Å². The number of aromatic amines is 1. The van der Waals surface area contributed by atoms with Crippen LogP contribution in [0.4, 0.5) is 21.6 Å². The van der Waals surface area contributed by atoms with Gasteiger partial charge >= 0.3 is 0 Å². The molecule has 10 heteroatoms. The van der Waals surface area contributed by atoms with Gasteiger partial charge in [0.05, 0.1) is 23.3 Å².